The molecule has 0 fully saturated rings. The van der Waals surface area contributed by atoms with Gasteiger partial charge in [-0.3, -0.25) is 0 Å². The zero-order valence-electron chi connectivity index (χ0n) is 10.8. The minimum absolute atomic E-state index is 0.0852. The van der Waals surface area contributed by atoms with Gasteiger partial charge in [0.05, 0.1) is 5.38 Å². The fourth-order valence-corrected chi connectivity index (χ4v) is 3.05. The van der Waals surface area contributed by atoms with Crippen LogP contribution in [-0.4, -0.2) is 0 Å². The second-order valence-corrected chi connectivity index (χ2v) is 5.97. The van der Waals surface area contributed by atoms with E-state index in [1.165, 1.54) is 27.8 Å². The molecule has 0 saturated carbocycles. The van der Waals surface area contributed by atoms with Crippen molar-refractivity contribution in [1.82, 2.24) is 0 Å². The van der Waals surface area contributed by atoms with Crippen molar-refractivity contribution < 1.29 is 0 Å². The Balaban J connectivity index is 2.50. The van der Waals surface area contributed by atoms with Gasteiger partial charge in [0.2, 0.25) is 0 Å². The van der Waals surface area contributed by atoms with Gasteiger partial charge in [-0.1, -0.05) is 46.3 Å². The first kappa shape index (κ1) is 13.6. The molecule has 1 atom stereocenters. The van der Waals surface area contributed by atoms with Crippen LogP contribution in [0, 0.1) is 20.8 Å². The van der Waals surface area contributed by atoms with Crippen LogP contribution >= 0.6 is 27.5 Å². The molecular weight excluding hydrogens is 308 g/mol. The Labute approximate surface area is 122 Å². The molecule has 2 aromatic carbocycles. The second kappa shape index (κ2) is 5.46. The molecule has 18 heavy (non-hydrogen) atoms. The van der Waals surface area contributed by atoms with Gasteiger partial charge in [-0.2, -0.15) is 0 Å². The van der Waals surface area contributed by atoms with Crippen molar-refractivity contribution in [2.75, 3.05) is 0 Å². The van der Waals surface area contributed by atoms with Crippen LogP contribution in [0.25, 0.3) is 0 Å². The van der Waals surface area contributed by atoms with Crippen LogP contribution in [0.4, 0.5) is 0 Å². The van der Waals surface area contributed by atoms with E-state index in [0.29, 0.717) is 0 Å². The van der Waals surface area contributed by atoms with Crippen molar-refractivity contribution in [3.8, 4) is 0 Å². The van der Waals surface area contributed by atoms with Crippen LogP contribution in [0.5, 0.6) is 0 Å². The van der Waals surface area contributed by atoms with Crippen molar-refractivity contribution >= 4 is 27.5 Å². The fraction of sp³-hybridized carbons (Fsp3) is 0.250. The van der Waals surface area contributed by atoms with Crippen LogP contribution in [0.2, 0.25) is 0 Å². The summed E-state index contributed by atoms with van der Waals surface area (Å²) in [5.74, 6) is 0. The maximum atomic E-state index is 6.65. The van der Waals surface area contributed by atoms with Gasteiger partial charge in [0, 0.05) is 4.47 Å². The molecule has 2 aromatic rings. The number of alkyl halides is 1. The average Bonchev–Trinajstić information content (AvgIpc) is 2.33. The summed E-state index contributed by atoms with van der Waals surface area (Å²) < 4.78 is 1.14. The fourth-order valence-electron chi connectivity index (χ4n) is 2.12. The zero-order valence-corrected chi connectivity index (χ0v) is 13.1. The molecule has 0 radical (unpaired) electrons. The Morgan fingerprint density at radius 3 is 2.22 bits per heavy atom. The largest absolute Gasteiger partial charge is 0.113 e. The smallest absolute Gasteiger partial charge is 0.0840 e. The molecule has 0 bridgehead atoms. The van der Waals surface area contributed by atoms with Crippen LogP contribution in [-0.2, 0) is 0 Å². The highest BCUT2D eigenvalue weighted by Gasteiger charge is 2.16. The normalized spacial score (nSPS) is 12.5. The molecule has 0 amide bonds. The van der Waals surface area contributed by atoms with Gasteiger partial charge < -0.3 is 0 Å². The van der Waals surface area contributed by atoms with Crippen molar-refractivity contribution in [2.24, 2.45) is 0 Å². The number of benzene rings is 2. The van der Waals surface area contributed by atoms with Crippen LogP contribution in [0.3, 0.4) is 0 Å². The van der Waals surface area contributed by atoms with Gasteiger partial charge in [-0.15, -0.1) is 11.6 Å². The molecule has 0 nitrogen and oxygen atoms in total. The van der Waals surface area contributed by atoms with E-state index in [1.807, 2.05) is 12.1 Å². The van der Waals surface area contributed by atoms with Crippen molar-refractivity contribution in [2.45, 2.75) is 26.1 Å². The summed E-state index contributed by atoms with van der Waals surface area (Å²) in [6.45, 7) is 6.30. The van der Waals surface area contributed by atoms with E-state index in [-0.39, 0.29) is 5.38 Å². The number of hydrogen-bond donors (Lipinski definition) is 0. The summed E-state index contributed by atoms with van der Waals surface area (Å²) in [5.41, 5.74) is 6.04. The van der Waals surface area contributed by atoms with Crippen molar-refractivity contribution in [3.63, 3.8) is 0 Å². The molecule has 2 rings (SSSR count). The topological polar surface area (TPSA) is 0 Å². The van der Waals surface area contributed by atoms with Crippen LogP contribution < -0.4 is 0 Å². The SMILES string of the molecule is Cc1cc(C(Cl)c2ccccc2C)c(C)cc1Br. The van der Waals surface area contributed by atoms with Crippen molar-refractivity contribution in [1.29, 1.82) is 0 Å². The quantitative estimate of drug-likeness (QED) is 0.622. The Morgan fingerprint density at radius 1 is 0.889 bits per heavy atom. The van der Waals surface area contributed by atoms with Gasteiger partial charge in [0.15, 0.2) is 0 Å². The lowest BCUT2D eigenvalue weighted by atomic mass is 9.95. The Morgan fingerprint density at radius 2 is 1.56 bits per heavy atom. The third-order valence-corrected chi connectivity index (χ3v) is 4.61. The van der Waals surface area contributed by atoms with Gasteiger partial charge in [0.1, 0.15) is 0 Å². The minimum Gasteiger partial charge on any atom is -0.113 e. The number of rotatable bonds is 2. The summed E-state index contributed by atoms with van der Waals surface area (Å²) in [6.07, 6.45) is 0. The maximum absolute atomic E-state index is 6.65. The Bertz CT molecular complexity index is 575. The molecule has 0 aliphatic rings. The zero-order chi connectivity index (χ0) is 13.3. The van der Waals surface area contributed by atoms with E-state index in [2.05, 4.69) is 61.0 Å². The summed E-state index contributed by atoms with van der Waals surface area (Å²) >= 11 is 10.2. The predicted molar refractivity (Wildman–Crippen MR) is 82.5 cm³/mol. The molecule has 0 aliphatic carbocycles. The lowest BCUT2D eigenvalue weighted by molar-refractivity contribution is 1.08. The summed E-state index contributed by atoms with van der Waals surface area (Å²) in [6, 6.07) is 12.6. The highest BCUT2D eigenvalue weighted by atomic mass is 79.9. The molecule has 0 saturated heterocycles. The van der Waals surface area contributed by atoms with E-state index < -0.39 is 0 Å². The minimum atomic E-state index is -0.0852. The predicted octanol–water partition coefficient (Wildman–Crippen LogP) is 5.70. The van der Waals surface area contributed by atoms with Crippen LogP contribution in [0.15, 0.2) is 40.9 Å². The summed E-state index contributed by atoms with van der Waals surface area (Å²) in [4.78, 5) is 0. The van der Waals surface area contributed by atoms with E-state index in [0.717, 1.165) is 4.47 Å². The van der Waals surface area contributed by atoms with Crippen LogP contribution in [0.1, 0.15) is 33.2 Å². The Kier molecular flexibility index (Phi) is 4.14. The van der Waals surface area contributed by atoms with E-state index >= 15 is 0 Å². The third-order valence-electron chi connectivity index (χ3n) is 3.28. The highest BCUT2D eigenvalue weighted by molar-refractivity contribution is 9.10. The molecule has 0 aliphatic heterocycles. The summed E-state index contributed by atoms with van der Waals surface area (Å²) in [7, 11) is 0. The monoisotopic (exact) mass is 322 g/mol. The number of halogens is 2. The molecule has 94 valence electrons. The average molecular weight is 324 g/mol. The Hall–Kier alpha value is -0.790. The number of hydrogen-bond acceptors (Lipinski definition) is 0. The van der Waals surface area contributed by atoms with Gasteiger partial charge in [-0.05, 0) is 54.7 Å². The van der Waals surface area contributed by atoms with Gasteiger partial charge >= 0.3 is 0 Å². The lowest BCUT2D eigenvalue weighted by Crippen LogP contribution is -1.99. The van der Waals surface area contributed by atoms with Gasteiger partial charge in [-0.25, -0.2) is 0 Å². The molecule has 2 heteroatoms. The lowest BCUT2D eigenvalue weighted by Gasteiger charge is -2.17. The summed E-state index contributed by atoms with van der Waals surface area (Å²) in [5, 5.41) is -0.0852. The molecule has 0 spiro atoms. The van der Waals surface area contributed by atoms with E-state index in [9.17, 15) is 0 Å². The first-order valence-corrected chi connectivity index (χ1v) is 7.20. The third kappa shape index (κ3) is 2.62. The standard InChI is InChI=1S/C16H16BrCl/c1-10-6-4-5-7-13(10)16(18)14-8-12(3)15(17)9-11(14)2/h4-9,16H,1-3H3. The highest BCUT2D eigenvalue weighted by Crippen LogP contribution is 2.35. The molecule has 0 N–H and O–H groups in total. The van der Waals surface area contributed by atoms with Gasteiger partial charge in [0.25, 0.3) is 0 Å². The van der Waals surface area contributed by atoms with Crippen molar-refractivity contribution in [3.05, 3.63) is 68.7 Å². The number of aryl methyl sites for hydroxylation is 3. The molecular formula is C16H16BrCl. The first-order valence-electron chi connectivity index (χ1n) is 5.97. The molecule has 0 aromatic heterocycles. The van der Waals surface area contributed by atoms with E-state index in [4.69, 9.17) is 11.6 Å². The molecule has 1 unspecified atom stereocenters. The van der Waals surface area contributed by atoms with E-state index in [1.54, 1.807) is 0 Å². The maximum Gasteiger partial charge on any atom is 0.0840 e. The second-order valence-electron chi connectivity index (χ2n) is 4.68. The molecule has 0 heterocycles. The first-order chi connectivity index (χ1) is 8.50.